The standard InChI is InChI=1S/C32H25ClFN3O4/c1-18-26-16-21-5-3-2-4-20(21)14-23(26)17-27(29(18)38)31(40)37-32(41)36-25-9-6-19(7-10-25)30(39)35-13-12-22-15-24(34)8-11-28(22)33/h2-11,14-17,38H,12-13H2,1H3,(H,35,39)(H2,36,37,40,41). The van der Waals surface area contributed by atoms with Crippen molar-refractivity contribution in [3.8, 4) is 5.75 Å². The Morgan fingerprint density at radius 3 is 2.29 bits per heavy atom. The van der Waals surface area contributed by atoms with Crippen molar-refractivity contribution in [1.82, 2.24) is 10.6 Å². The van der Waals surface area contributed by atoms with Crippen molar-refractivity contribution in [1.29, 1.82) is 0 Å². The number of phenols is 1. The van der Waals surface area contributed by atoms with Crippen molar-refractivity contribution < 1.29 is 23.9 Å². The van der Waals surface area contributed by atoms with Gasteiger partial charge in [0.1, 0.15) is 11.6 Å². The molecule has 4 amide bonds. The summed E-state index contributed by atoms with van der Waals surface area (Å²) < 4.78 is 13.4. The van der Waals surface area contributed by atoms with Crippen LogP contribution in [-0.2, 0) is 6.42 Å². The van der Waals surface area contributed by atoms with Crippen LogP contribution in [0.4, 0.5) is 14.9 Å². The van der Waals surface area contributed by atoms with E-state index in [1.54, 1.807) is 13.0 Å². The maximum Gasteiger partial charge on any atom is 0.326 e. The number of carbonyl (C=O) groups excluding carboxylic acids is 3. The van der Waals surface area contributed by atoms with Crippen molar-refractivity contribution in [2.75, 3.05) is 11.9 Å². The topological polar surface area (TPSA) is 108 Å². The van der Waals surface area contributed by atoms with E-state index >= 15 is 0 Å². The Hall–Kier alpha value is -4.95. The highest BCUT2D eigenvalue weighted by Gasteiger charge is 2.19. The Morgan fingerprint density at radius 2 is 1.56 bits per heavy atom. The quantitative estimate of drug-likeness (QED) is 0.170. The maximum atomic E-state index is 13.4. The Morgan fingerprint density at radius 1 is 0.854 bits per heavy atom. The molecular formula is C32H25ClFN3O4. The number of urea groups is 1. The summed E-state index contributed by atoms with van der Waals surface area (Å²) in [6, 6.07) is 22.6. The predicted molar refractivity (Wildman–Crippen MR) is 158 cm³/mol. The first-order valence-corrected chi connectivity index (χ1v) is 13.2. The maximum absolute atomic E-state index is 13.4. The molecule has 5 rings (SSSR count). The summed E-state index contributed by atoms with van der Waals surface area (Å²) in [5.41, 5.74) is 1.80. The summed E-state index contributed by atoms with van der Waals surface area (Å²) in [5.74, 6) is -1.71. The van der Waals surface area contributed by atoms with Crippen LogP contribution in [0.2, 0.25) is 5.02 Å². The van der Waals surface area contributed by atoms with Gasteiger partial charge in [0, 0.05) is 22.8 Å². The number of phenolic OH excluding ortho intramolecular Hbond substituents is 1. The zero-order valence-corrected chi connectivity index (χ0v) is 22.7. The van der Waals surface area contributed by atoms with E-state index in [4.69, 9.17) is 11.6 Å². The van der Waals surface area contributed by atoms with Crippen LogP contribution in [0.25, 0.3) is 21.5 Å². The molecule has 0 heterocycles. The minimum absolute atomic E-state index is 0.0213. The van der Waals surface area contributed by atoms with Gasteiger partial charge < -0.3 is 15.7 Å². The van der Waals surface area contributed by atoms with Gasteiger partial charge in [-0.05, 0) is 107 Å². The van der Waals surface area contributed by atoms with Crippen LogP contribution in [0.3, 0.4) is 0 Å². The van der Waals surface area contributed by atoms with Crippen LogP contribution in [0, 0.1) is 12.7 Å². The summed E-state index contributed by atoms with van der Waals surface area (Å²) in [5, 5.41) is 22.2. The first kappa shape index (κ1) is 27.6. The number of amides is 4. The molecule has 4 N–H and O–H groups in total. The number of hydrogen-bond acceptors (Lipinski definition) is 4. The van der Waals surface area contributed by atoms with E-state index < -0.39 is 17.8 Å². The van der Waals surface area contributed by atoms with Gasteiger partial charge in [-0.1, -0.05) is 35.9 Å². The SMILES string of the molecule is Cc1c(O)c(C(=O)NC(=O)Nc2ccc(C(=O)NCCc3cc(F)ccc3Cl)cc2)cc2cc3ccccc3cc12. The number of fused-ring (bicyclic) bond motifs is 2. The minimum Gasteiger partial charge on any atom is -0.507 e. The lowest BCUT2D eigenvalue weighted by atomic mass is 9.96. The molecule has 0 aliphatic carbocycles. The molecular weight excluding hydrogens is 545 g/mol. The number of benzene rings is 5. The molecule has 0 aliphatic heterocycles. The van der Waals surface area contributed by atoms with E-state index in [0.717, 1.165) is 21.5 Å². The van der Waals surface area contributed by atoms with Crippen LogP contribution >= 0.6 is 11.6 Å². The van der Waals surface area contributed by atoms with Crippen molar-refractivity contribution in [3.63, 3.8) is 0 Å². The number of aromatic hydroxyl groups is 1. The lowest BCUT2D eigenvalue weighted by Crippen LogP contribution is -2.34. The smallest absolute Gasteiger partial charge is 0.326 e. The average Bonchev–Trinajstić information content (AvgIpc) is 2.96. The van der Waals surface area contributed by atoms with E-state index in [-0.39, 0.29) is 23.8 Å². The van der Waals surface area contributed by atoms with E-state index in [9.17, 15) is 23.9 Å². The molecule has 5 aromatic carbocycles. The number of rotatable bonds is 6. The molecule has 0 bridgehead atoms. The van der Waals surface area contributed by atoms with E-state index in [2.05, 4.69) is 16.0 Å². The molecule has 9 heteroatoms. The van der Waals surface area contributed by atoms with Crippen molar-refractivity contribution >= 4 is 56.7 Å². The molecule has 0 radical (unpaired) electrons. The lowest BCUT2D eigenvalue weighted by Gasteiger charge is -2.13. The lowest BCUT2D eigenvalue weighted by molar-refractivity contribution is 0.0949. The van der Waals surface area contributed by atoms with Gasteiger partial charge in [-0.25, -0.2) is 9.18 Å². The molecule has 0 unspecified atom stereocenters. The third-order valence-electron chi connectivity index (χ3n) is 6.80. The molecule has 0 fully saturated rings. The fourth-order valence-electron chi connectivity index (χ4n) is 4.61. The summed E-state index contributed by atoms with van der Waals surface area (Å²) in [4.78, 5) is 37.9. The molecule has 0 aromatic heterocycles. The summed E-state index contributed by atoms with van der Waals surface area (Å²) in [6.45, 7) is 1.97. The molecule has 0 atom stereocenters. The zero-order chi connectivity index (χ0) is 29.1. The minimum atomic E-state index is -0.796. The number of hydrogen-bond donors (Lipinski definition) is 4. The first-order valence-electron chi connectivity index (χ1n) is 12.8. The number of anilines is 1. The van der Waals surface area contributed by atoms with Crippen LogP contribution in [0.15, 0.2) is 84.9 Å². The van der Waals surface area contributed by atoms with Crippen molar-refractivity contribution in [2.24, 2.45) is 0 Å². The normalized spacial score (nSPS) is 10.9. The highest BCUT2D eigenvalue weighted by molar-refractivity contribution is 6.31. The number of nitrogens with one attached hydrogen (secondary N) is 3. The zero-order valence-electron chi connectivity index (χ0n) is 21.9. The second-order valence-corrected chi connectivity index (χ2v) is 9.95. The highest BCUT2D eigenvalue weighted by Crippen LogP contribution is 2.33. The molecule has 7 nitrogen and oxygen atoms in total. The summed E-state index contributed by atoms with van der Waals surface area (Å²) in [7, 11) is 0. The number of carbonyl (C=O) groups is 3. The monoisotopic (exact) mass is 569 g/mol. The molecule has 206 valence electrons. The predicted octanol–water partition coefficient (Wildman–Crippen LogP) is 6.73. The van der Waals surface area contributed by atoms with Gasteiger partial charge in [0.25, 0.3) is 11.8 Å². The van der Waals surface area contributed by atoms with Crippen LogP contribution in [0.1, 0.15) is 31.8 Å². The van der Waals surface area contributed by atoms with E-state index in [0.29, 0.717) is 33.8 Å². The first-order chi connectivity index (χ1) is 19.7. The molecule has 5 aromatic rings. The van der Waals surface area contributed by atoms with Crippen LogP contribution in [0.5, 0.6) is 5.75 Å². The van der Waals surface area contributed by atoms with E-state index in [1.165, 1.54) is 42.5 Å². The number of imide groups is 1. The van der Waals surface area contributed by atoms with Gasteiger partial charge in [0.05, 0.1) is 5.56 Å². The van der Waals surface area contributed by atoms with Gasteiger partial charge >= 0.3 is 6.03 Å². The fraction of sp³-hybridized carbons (Fsp3) is 0.0938. The largest absolute Gasteiger partial charge is 0.507 e. The Balaban J connectivity index is 1.20. The second kappa shape index (κ2) is 11.7. The summed E-state index contributed by atoms with van der Waals surface area (Å²) >= 11 is 6.06. The number of halogens is 2. The third kappa shape index (κ3) is 6.13. The number of aryl methyl sites for hydroxylation is 1. The van der Waals surface area contributed by atoms with Crippen molar-refractivity contribution in [3.05, 3.63) is 118 Å². The Bertz CT molecular complexity index is 1820. The third-order valence-corrected chi connectivity index (χ3v) is 7.17. The average molecular weight is 570 g/mol. The second-order valence-electron chi connectivity index (χ2n) is 9.55. The highest BCUT2D eigenvalue weighted by atomic mass is 35.5. The molecule has 0 aliphatic rings. The Labute approximate surface area is 239 Å². The van der Waals surface area contributed by atoms with Crippen LogP contribution in [-0.4, -0.2) is 29.5 Å². The molecule has 41 heavy (non-hydrogen) atoms. The fourth-order valence-corrected chi connectivity index (χ4v) is 4.83. The van der Waals surface area contributed by atoms with Gasteiger partial charge in [0.15, 0.2) is 0 Å². The van der Waals surface area contributed by atoms with Gasteiger partial charge in [0.2, 0.25) is 0 Å². The van der Waals surface area contributed by atoms with Gasteiger partial charge in [-0.2, -0.15) is 0 Å². The molecule has 0 saturated carbocycles. The van der Waals surface area contributed by atoms with E-state index in [1.807, 2.05) is 36.4 Å². The summed E-state index contributed by atoms with van der Waals surface area (Å²) in [6.07, 6.45) is 0.360. The van der Waals surface area contributed by atoms with Crippen LogP contribution < -0.4 is 16.0 Å². The molecule has 0 spiro atoms. The Kier molecular flexibility index (Phi) is 7.85. The molecule has 0 saturated heterocycles. The van der Waals surface area contributed by atoms with Gasteiger partial charge in [-0.3, -0.25) is 14.9 Å². The van der Waals surface area contributed by atoms with Gasteiger partial charge in [-0.15, -0.1) is 0 Å². The van der Waals surface area contributed by atoms with Crippen molar-refractivity contribution in [2.45, 2.75) is 13.3 Å².